The molecule has 0 saturated heterocycles. The molecule has 2 atom stereocenters. The minimum Gasteiger partial charge on any atom is -0.389 e. The van der Waals surface area contributed by atoms with Crippen LogP contribution in [0.15, 0.2) is 24.5 Å². The summed E-state index contributed by atoms with van der Waals surface area (Å²) in [5.74, 6) is 0. The maximum absolute atomic E-state index is 9.57. The number of rotatable bonds is 7. The summed E-state index contributed by atoms with van der Waals surface area (Å²) in [4.78, 5) is 4.06. The van der Waals surface area contributed by atoms with Gasteiger partial charge in [0.1, 0.15) is 0 Å². The highest BCUT2D eigenvalue weighted by atomic mass is 16.5. The molecule has 1 rings (SSSR count). The molecule has 90 valence electrons. The number of nitrogens with zero attached hydrogens (tertiary/aromatic N) is 1. The first-order valence-corrected chi connectivity index (χ1v) is 5.63. The molecule has 1 heterocycles. The summed E-state index contributed by atoms with van der Waals surface area (Å²) >= 11 is 0. The summed E-state index contributed by atoms with van der Waals surface area (Å²) < 4.78 is 5.13. The molecule has 0 radical (unpaired) electrons. The zero-order chi connectivity index (χ0) is 11.8. The Morgan fingerprint density at radius 2 is 2.38 bits per heavy atom. The first-order chi connectivity index (χ1) is 7.74. The molecular formula is C12H20N2O2. The van der Waals surface area contributed by atoms with E-state index in [2.05, 4.69) is 10.3 Å². The molecule has 0 aliphatic heterocycles. The Balaban J connectivity index is 2.27. The molecule has 2 N–H and O–H groups in total. The second-order valence-corrected chi connectivity index (χ2v) is 3.73. The van der Waals surface area contributed by atoms with Crippen molar-refractivity contribution < 1.29 is 9.84 Å². The van der Waals surface area contributed by atoms with Crippen LogP contribution in [0.5, 0.6) is 0 Å². The van der Waals surface area contributed by atoms with E-state index in [1.807, 2.05) is 32.2 Å². The third-order valence-corrected chi connectivity index (χ3v) is 2.36. The lowest BCUT2D eigenvalue weighted by Gasteiger charge is -2.17. The molecule has 0 fully saturated rings. The monoisotopic (exact) mass is 224 g/mol. The lowest BCUT2D eigenvalue weighted by molar-refractivity contribution is 0.0416. The average molecular weight is 224 g/mol. The summed E-state index contributed by atoms with van der Waals surface area (Å²) in [6.07, 6.45) is 3.12. The van der Waals surface area contributed by atoms with Crippen LogP contribution in [0.25, 0.3) is 0 Å². The van der Waals surface area contributed by atoms with E-state index in [4.69, 9.17) is 4.74 Å². The lowest BCUT2D eigenvalue weighted by atomic mass is 10.1. The zero-order valence-corrected chi connectivity index (χ0v) is 9.89. The number of hydrogen-bond donors (Lipinski definition) is 2. The Labute approximate surface area is 96.7 Å². The normalized spacial score (nSPS) is 14.7. The molecular weight excluding hydrogens is 204 g/mol. The molecule has 4 heteroatoms. The number of pyridine rings is 1. The smallest absolute Gasteiger partial charge is 0.0897 e. The number of aliphatic hydroxyl groups is 1. The molecule has 1 aromatic heterocycles. The minimum absolute atomic E-state index is 0.185. The average Bonchev–Trinajstić information content (AvgIpc) is 2.34. The van der Waals surface area contributed by atoms with Crippen molar-refractivity contribution in [2.75, 3.05) is 19.8 Å². The van der Waals surface area contributed by atoms with E-state index in [-0.39, 0.29) is 6.04 Å². The van der Waals surface area contributed by atoms with E-state index >= 15 is 0 Å². The molecule has 0 amide bonds. The van der Waals surface area contributed by atoms with Gasteiger partial charge in [0.2, 0.25) is 0 Å². The van der Waals surface area contributed by atoms with Crippen molar-refractivity contribution in [3.8, 4) is 0 Å². The van der Waals surface area contributed by atoms with E-state index in [1.165, 1.54) is 0 Å². The van der Waals surface area contributed by atoms with E-state index in [9.17, 15) is 5.11 Å². The molecule has 4 nitrogen and oxygen atoms in total. The molecule has 0 aliphatic carbocycles. The topological polar surface area (TPSA) is 54.4 Å². The molecule has 0 spiro atoms. The molecule has 0 aliphatic rings. The standard InChI is InChI=1S/C12H20N2O2/c1-3-16-9-12(15)8-14-10(2)11-5-4-6-13-7-11/h4-7,10,12,14-15H,3,8-9H2,1-2H3/t10-,12?/m1/s1. The Hall–Kier alpha value is -0.970. The van der Waals surface area contributed by atoms with Crippen molar-refractivity contribution in [1.82, 2.24) is 10.3 Å². The first-order valence-electron chi connectivity index (χ1n) is 5.63. The number of hydrogen-bond acceptors (Lipinski definition) is 4. The molecule has 1 aromatic rings. The van der Waals surface area contributed by atoms with Gasteiger partial charge in [-0.05, 0) is 25.5 Å². The van der Waals surface area contributed by atoms with Crippen molar-refractivity contribution in [2.45, 2.75) is 26.0 Å². The van der Waals surface area contributed by atoms with E-state index < -0.39 is 6.10 Å². The van der Waals surface area contributed by atoms with E-state index in [0.29, 0.717) is 19.8 Å². The van der Waals surface area contributed by atoms with Crippen LogP contribution in [-0.2, 0) is 4.74 Å². The van der Waals surface area contributed by atoms with Gasteiger partial charge in [0, 0.05) is 31.6 Å². The van der Waals surface area contributed by atoms with Gasteiger partial charge < -0.3 is 15.2 Å². The van der Waals surface area contributed by atoms with Crippen LogP contribution in [0, 0.1) is 0 Å². The van der Waals surface area contributed by atoms with Gasteiger partial charge >= 0.3 is 0 Å². The first kappa shape index (κ1) is 13.1. The van der Waals surface area contributed by atoms with Gasteiger partial charge in [0.25, 0.3) is 0 Å². The summed E-state index contributed by atoms with van der Waals surface area (Å²) in [6, 6.07) is 4.11. The quantitative estimate of drug-likeness (QED) is 0.729. The van der Waals surface area contributed by atoms with Crippen LogP contribution < -0.4 is 5.32 Å². The molecule has 0 saturated carbocycles. The van der Waals surface area contributed by atoms with Gasteiger partial charge in [-0.3, -0.25) is 4.98 Å². The number of nitrogens with one attached hydrogen (secondary N) is 1. The molecule has 0 bridgehead atoms. The molecule has 16 heavy (non-hydrogen) atoms. The lowest BCUT2D eigenvalue weighted by Crippen LogP contribution is -2.32. The van der Waals surface area contributed by atoms with Crippen molar-refractivity contribution in [2.24, 2.45) is 0 Å². The van der Waals surface area contributed by atoms with Gasteiger partial charge in [-0.25, -0.2) is 0 Å². The third-order valence-electron chi connectivity index (χ3n) is 2.36. The molecule has 0 aromatic carbocycles. The van der Waals surface area contributed by atoms with Crippen LogP contribution >= 0.6 is 0 Å². The second kappa shape index (κ2) is 7.33. The van der Waals surface area contributed by atoms with Gasteiger partial charge in [-0.2, -0.15) is 0 Å². The second-order valence-electron chi connectivity index (χ2n) is 3.73. The van der Waals surface area contributed by atoms with Gasteiger partial charge in [-0.1, -0.05) is 6.07 Å². The Kier molecular flexibility index (Phi) is 6.00. The number of aliphatic hydroxyl groups excluding tert-OH is 1. The minimum atomic E-state index is -0.459. The number of ether oxygens (including phenoxy) is 1. The van der Waals surface area contributed by atoms with E-state index in [1.54, 1.807) is 6.20 Å². The van der Waals surface area contributed by atoms with Gasteiger partial charge in [0.05, 0.1) is 12.7 Å². The highest BCUT2D eigenvalue weighted by Gasteiger charge is 2.08. The maximum atomic E-state index is 9.57. The van der Waals surface area contributed by atoms with Crippen molar-refractivity contribution in [3.05, 3.63) is 30.1 Å². The third kappa shape index (κ3) is 4.70. The van der Waals surface area contributed by atoms with Crippen LogP contribution in [0.1, 0.15) is 25.5 Å². The summed E-state index contributed by atoms with van der Waals surface area (Å²) in [7, 11) is 0. The van der Waals surface area contributed by atoms with Crippen LogP contribution in [0.4, 0.5) is 0 Å². The Morgan fingerprint density at radius 3 is 3.00 bits per heavy atom. The van der Waals surface area contributed by atoms with E-state index in [0.717, 1.165) is 5.56 Å². The number of aromatic nitrogens is 1. The largest absolute Gasteiger partial charge is 0.389 e. The highest BCUT2D eigenvalue weighted by molar-refractivity contribution is 5.12. The van der Waals surface area contributed by atoms with Crippen LogP contribution in [0.2, 0.25) is 0 Å². The van der Waals surface area contributed by atoms with Gasteiger partial charge in [-0.15, -0.1) is 0 Å². The summed E-state index contributed by atoms with van der Waals surface area (Å²) in [5.41, 5.74) is 1.12. The van der Waals surface area contributed by atoms with Crippen LogP contribution in [0.3, 0.4) is 0 Å². The fraction of sp³-hybridized carbons (Fsp3) is 0.583. The van der Waals surface area contributed by atoms with Crippen molar-refractivity contribution >= 4 is 0 Å². The van der Waals surface area contributed by atoms with Crippen molar-refractivity contribution in [3.63, 3.8) is 0 Å². The Morgan fingerprint density at radius 1 is 1.56 bits per heavy atom. The van der Waals surface area contributed by atoms with Gasteiger partial charge in [0.15, 0.2) is 0 Å². The summed E-state index contributed by atoms with van der Waals surface area (Å²) in [6.45, 7) is 5.50. The fourth-order valence-electron chi connectivity index (χ4n) is 1.38. The Bertz CT molecular complexity index is 280. The van der Waals surface area contributed by atoms with Crippen LogP contribution in [-0.4, -0.2) is 36.0 Å². The summed E-state index contributed by atoms with van der Waals surface area (Å²) in [5, 5.41) is 12.8. The predicted molar refractivity (Wildman–Crippen MR) is 63.2 cm³/mol. The predicted octanol–water partition coefficient (Wildman–Crippen LogP) is 1.13. The maximum Gasteiger partial charge on any atom is 0.0897 e. The van der Waals surface area contributed by atoms with Crippen molar-refractivity contribution in [1.29, 1.82) is 0 Å². The molecule has 1 unspecified atom stereocenters. The fourth-order valence-corrected chi connectivity index (χ4v) is 1.38. The zero-order valence-electron chi connectivity index (χ0n) is 9.89. The SMILES string of the molecule is CCOCC(O)CN[C@H](C)c1cccnc1. The highest BCUT2D eigenvalue weighted by Crippen LogP contribution is 2.09.